The normalized spacial score (nSPS) is 12.7. The van der Waals surface area contributed by atoms with E-state index in [9.17, 15) is 5.11 Å². The summed E-state index contributed by atoms with van der Waals surface area (Å²) in [7, 11) is 0. The molecule has 1 aromatic carbocycles. The maximum atomic E-state index is 9.41. The molecule has 0 aromatic heterocycles. The summed E-state index contributed by atoms with van der Waals surface area (Å²) in [6, 6.07) is 9.89. The van der Waals surface area contributed by atoms with Gasteiger partial charge in [-0.2, -0.15) is 0 Å². The molecule has 0 spiro atoms. The molecule has 3 nitrogen and oxygen atoms in total. The van der Waals surface area contributed by atoms with Crippen molar-refractivity contribution in [2.24, 2.45) is 0 Å². The predicted molar refractivity (Wildman–Crippen MR) is 58.6 cm³/mol. The van der Waals surface area contributed by atoms with Crippen molar-refractivity contribution >= 4 is 0 Å². The minimum atomic E-state index is -0.534. The van der Waals surface area contributed by atoms with Gasteiger partial charge in [0.2, 0.25) is 0 Å². The zero-order chi connectivity index (χ0) is 10.9. The van der Waals surface area contributed by atoms with Crippen molar-refractivity contribution in [2.45, 2.75) is 19.6 Å². The highest BCUT2D eigenvalue weighted by molar-refractivity contribution is 5.13. The first-order valence-electron chi connectivity index (χ1n) is 5.20. The quantitative estimate of drug-likeness (QED) is 0.743. The Kier molecular flexibility index (Phi) is 6.00. The first-order chi connectivity index (χ1) is 7.33. The molecule has 0 radical (unpaired) electrons. The van der Waals surface area contributed by atoms with E-state index in [1.807, 2.05) is 37.3 Å². The van der Waals surface area contributed by atoms with Gasteiger partial charge < -0.3 is 14.6 Å². The van der Waals surface area contributed by atoms with E-state index in [0.717, 1.165) is 5.56 Å². The second-order valence-corrected chi connectivity index (χ2v) is 3.31. The number of aliphatic hydroxyl groups is 1. The van der Waals surface area contributed by atoms with Gasteiger partial charge in [0.05, 0.1) is 19.8 Å². The Hall–Kier alpha value is -0.900. The molecule has 15 heavy (non-hydrogen) atoms. The molecule has 0 saturated heterocycles. The van der Waals surface area contributed by atoms with Gasteiger partial charge >= 0.3 is 0 Å². The van der Waals surface area contributed by atoms with Crippen LogP contribution >= 0.6 is 0 Å². The Labute approximate surface area is 90.6 Å². The molecule has 1 unspecified atom stereocenters. The predicted octanol–water partition coefficient (Wildman–Crippen LogP) is 1.60. The molecule has 3 heteroatoms. The van der Waals surface area contributed by atoms with Crippen LogP contribution in [-0.2, 0) is 16.1 Å². The average molecular weight is 210 g/mol. The van der Waals surface area contributed by atoms with Gasteiger partial charge in [-0.1, -0.05) is 30.3 Å². The Morgan fingerprint density at radius 2 is 1.80 bits per heavy atom. The van der Waals surface area contributed by atoms with Gasteiger partial charge in [-0.3, -0.25) is 0 Å². The summed E-state index contributed by atoms with van der Waals surface area (Å²) in [6.45, 7) is 3.71. The highest BCUT2D eigenvalue weighted by Crippen LogP contribution is 2.00. The van der Waals surface area contributed by atoms with Crippen molar-refractivity contribution in [3.05, 3.63) is 35.9 Å². The van der Waals surface area contributed by atoms with Gasteiger partial charge in [-0.15, -0.1) is 0 Å². The SMILES string of the molecule is CCOCC(O)COCc1ccccc1. The Bertz CT molecular complexity index is 248. The van der Waals surface area contributed by atoms with E-state index in [1.54, 1.807) is 0 Å². The first kappa shape index (κ1) is 12.2. The fourth-order valence-corrected chi connectivity index (χ4v) is 1.19. The highest BCUT2D eigenvalue weighted by atomic mass is 16.5. The molecule has 1 rings (SSSR count). The van der Waals surface area contributed by atoms with Crippen LogP contribution in [0.25, 0.3) is 0 Å². The number of hydrogen-bond donors (Lipinski definition) is 1. The zero-order valence-corrected chi connectivity index (χ0v) is 9.06. The minimum Gasteiger partial charge on any atom is -0.388 e. The van der Waals surface area contributed by atoms with Crippen LogP contribution in [0, 0.1) is 0 Å². The third kappa shape index (κ3) is 5.52. The maximum Gasteiger partial charge on any atom is 0.101 e. The summed E-state index contributed by atoms with van der Waals surface area (Å²) in [4.78, 5) is 0. The molecule has 1 aromatic rings. The van der Waals surface area contributed by atoms with Gasteiger partial charge in [0, 0.05) is 6.61 Å². The lowest BCUT2D eigenvalue weighted by atomic mass is 10.2. The summed E-state index contributed by atoms with van der Waals surface area (Å²) >= 11 is 0. The molecule has 0 aliphatic carbocycles. The van der Waals surface area contributed by atoms with Gasteiger partial charge in [0.25, 0.3) is 0 Å². The lowest BCUT2D eigenvalue weighted by molar-refractivity contribution is -0.0208. The van der Waals surface area contributed by atoms with Gasteiger partial charge in [-0.05, 0) is 12.5 Å². The monoisotopic (exact) mass is 210 g/mol. The molecule has 0 saturated carbocycles. The Balaban J connectivity index is 2.11. The standard InChI is InChI=1S/C12H18O3/c1-2-14-9-12(13)10-15-8-11-6-4-3-5-7-11/h3-7,12-13H,2,8-10H2,1H3. The third-order valence-corrected chi connectivity index (χ3v) is 1.94. The maximum absolute atomic E-state index is 9.41. The molecule has 84 valence electrons. The van der Waals surface area contributed by atoms with Crippen LogP contribution in [0.15, 0.2) is 30.3 Å². The molecule has 0 heterocycles. The summed E-state index contributed by atoms with van der Waals surface area (Å²) in [5, 5.41) is 9.41. The van der Waals surface area contributed by atoms with E-state index in [1.165, 1.54) is 0 Å². The molecule has 0 amide bonds. The van der Waals surface area contributed by atoms with Crippen LogP contribution in [0.2, 0.25) is 0 Å². The summed E-state index contributed by atoms with van der Waals surface area (Å²) in [5.74, 6) is 0. The third-order valence-electron chi connectivity index (χ3n) is 1.94. The van der Waals surface area contributed by atoms with Crippen LogP contribution in [0.3, 0.4) is 0 Å². The summed E-state index contributed by atoms with van der Waals surface area (Å²) < 4.78 is 10.4. The largest absolute Gasteiger partial charge is 0.388 e. The van der Waals surface area contributed by atoms with Crippen molar-refractivity contribution in [2.75, 3.05) is 19.8 Å². The average Bonchev–Trinajstić information content (AvgIpc) is 2.28. The van der Waals surface area contributed by atoms with E-state index >= 15 is 0 Å². The van der Waals surface area contributed by atoms with Crippen molar-refractivity contribution in [1.29, 1.82) is 0 Å². The van der Waals surface area contributed by atoms with Crippen LogP contribution in [-0.4, -0.2) is 31.0 Å². The van der Waals surface area contributed by atoms with E-state index < -0.39 is 6.10 Å². The van der Waals surface area contributed by atoms with Crippen LogP contribution in [0.4, 0.5) is 0 Å². The smallest absolute Gasteiger partial charge is 0.101 e. The molecule has 0 fully saturated rings. The summed E-state index contributed by atoms with van der Waals surface area (Å²) in [6.07, 6.45) is -0.534. The van der Waals surface area contributed by atoms with Crippen LogP contribution in [0.1, 0.15) is 12.5 Å². The molecule has 0 bridgehead atoms. The molecule has 0 aliphatic rings. The van der Waals surface area contributed by atoms with Gasteiger partial charge in [0.15, 0.2) is 0 Å². The van der Waals surface area contributed by atoms with Gasteiger partial charge in [-0.25, -0.2) is 0 Å². The Morgan fingerprint density at radius 1 is 1.13 bits per heavy atom. The zero-order valence-electron chi connectivity index (χ0n) is 9.06. The van der Waals surface area contributed by atoms with E-state index in [0.29, 0.717) is 26.4 Å². The lowest BCUT2D eigenvalue weighted by Gasteiger charge is -2.10. The number of aliphatic hydroxyl groups excluding tert-OH is 1. The fraction of sp³-hybridized carbons (Fsp3) is 0.500. The molecular formula is C12H18O3. The van der Waals surface area contributed by atoms with Crippen LogP contribution < -0.4 is 0 Å². The molecule has 1 atom stereocenters. The Morgan fingerprint density at radius 3 is 2.47 bits per heavy atom. The first-order valence-corrected chi connectivity index (χ1v) is 5.20. The minimum absolute atomic E-state index is 0.314. The number of benzene rings is 1. The van der Waals surface area contributed by atoms with Crippen molar-refractivity contribution in [1.82, 2.24) is 0 Å². The lowest BCUT2D eigenvalue weighted by Crippen LogP contribution is -2.21. The van der Waals surface area contributed by atoms with Crippen molar-refractivity contribution in [3.8, 4) is 0 Å². The number of rotatable bonds is 7. The second kappa shape index (κ2) is 7.40. The van der Waals surface area contributed by atoms with Crippen molar-refractivity contribution < 1.29 is 14.6 Å². The molecule has 1 N–H and O–H groups in total. The van der Waals surface area contributed by atoms with Crippen LogP contribution in [0.5, 0.6) is 0 Å². The fourth-order valence-electron chi connectivity index (χ4n) is 1.19. The number of hydrogen-bond acceptors (Lipinski definition) is 3. The van der Waals surface area contributed by atoms with Crippen molar-refractivity contribution in [3.63, 3.8) is 0 Å². The molecule has 0 aliphatic heterocycles. The topological polar surface area (TPSA) is 38.7 Å². The highest BCUT2D eigenvalue weighted by Gasteiger charge is 2.03. The molecular weight excluding hydrogens is 192 g/mol. The number of ether oxygens (including phenoxy) is 2. The summed E-state index contributed by atoms with van der Waals surface area (Å²) in [5.41, 5.74) is 1.11. The van der Waals surface area contributed by atoms with Gasteiger partial charge in [0.1, 0.15) is 6.10 Å². The van der Waals surface area contributed by atoms with E-state index in [2.05, 4.69) is 0 Å². The second-order valence-electron chi connectivity index (χ2n) is 3.31. The van der Waals surface area contributed by atoms with E-state index in [4.69, 9.17) is 9.47 Å². The van der Waals surface area contributed by atoms with E-state index in [-0.39, 0.29) is 0 Å².